The van der Waals surface area contributed by atoms with Crippen LogP contribution in [0.1, 0.15) is 31.9 Å². The van der Waals surface area contributed by atoms with Gasteiger partial charge in [-0.2, -0.15) is 0 Å². The van der Waals surface area contributed by atoms with E-state index in [1.165, 1.54) is 12.5 Å². The van der Waals surface area contributed by atoms with Crippen LogP contribution in [0.3, 0.4) is 0 Å². The molecule has 5 heterocycles. The van der Waals surface area contributed by atoms with Crippen molar-refractivity contribution in [3.05, 3.63) is 72.7 Å². The van der Waals surface area contributed by atoms with E-state index in [0.29, 0.717) is 13.1 Å². The molecular formula is C27H29N7O2. The Labute approximate surface area is 209 Å². The molecule has 0 saturated carbocycles. The molecule has 184 valence electrons. The Kier molecular flexibility index (Phi) is 5.56. The molecule has 2 N–H and O–H groups in total. The molecule has 2 aliphatic heterocycles. The summed E-state index contributed by atoms with van der Waals surface area (Å²) in [5, 5.41) is 13.3. The number of nitrogens with one attached hydrogen (secondary N) is 1. The van der Waals surface area contributed by atoms with Gasteiger partial charge >= 0.3 is 0 Å². The van der Waals surface area contributed by atoms with E-state index < -0.39 is 6.10 Å². The molecule has 36 heavy (non-hydrogen) atoms. The number of benzene rings is 1. The maximum absolute atomic E-state index is 12.4. The fourth-order valence-corrected chi connectivity index (χ4v) is 5.40. The van der Waals surface area contributed by atoms with E-state index in [9.17, 15) is 9.90 Å². The first-order chi connectivity index (χ1) is 17.5. The summed E-state index contributed by atoms with van der Waals surface area (Å²) < 4.78 is 2.00. The molecular weight excluding hydrogens is 454 g/mol. The molecule has 2 aliphatic rings. The standard InChI is InChI=1S/C27H29N7O2/c1-17(19-6-4-3-5-7-19)30-24-12-20(8-9-28-24)23-14-25-29-10-11-32(25)27(31-23)34-16-21-13-22(34)15-33(21)26(36)18(2)35/h3-12,14,17-18,21-22,35H,13,15-16H2,1-2H3,(H,28,30)/t17-,18?,21?,22?/m0/s1. The number of carbonyl (C=O) groups is 1. The van der Waals surface area contributed by atoms with Crippen molar-refractivity contribution in [2.75, 3.05) is 23.3 Å². The van der Waals surface area contributed by atoms with Crippen LogP contribution in [-0.4, -0.2) is 66.5 Å². The summed E-state index contributed by atoms with van der Waals surface area (Å²) >= 11 is 0. The molecule has 2 bridgehead atoms. The third-order valence-corrected chi connectivity index (χ3v) is 7.23. The molecule has 3 aromatic heterocycles. The van der Waals surface area contributed by atoms with E-state index in [-0.39, 0.29) is 24.0 Å². The van der Waals surface area contributed by atoms with Crippen LogP contribution in [-0.2, 0) is 4.79 Å². The van der Waals surface area contributed by atoms with Gasteiger partial charge in [-0.15, -0.1) is 0 Å². The molecule has 0 radical (unpaired) electrons. The second kappa shape index (κ2) is 8.91. The van der Waals surface area contributed by atoms with Crippen LogP contribution in [0.25, 0.3) is 16.9 Å². The smallest absolute Gasteiger partial charge is 0.251 e. The number of hydrogen-bond acceptors (Lipinski definition) is 7. The highest BCUT2D eigenvalue weighted by Gasteiger charge is 2.47. The van der Waals surface area contributed by atoms with Gasteiger partial charge in [-0.1, -0.05) is 30.3 Å². The highest BCUT2D eigenvalue weighted by atomic mass is 16.3. The van der Waals surface area contributed by atoms with Gasteiger partial charge in [0.1, 0.15) is 17.6 Å². The summed E-state index contributed by atoms with van der Waals surface area (Å²) in [4.78, 5) is 30.6. The fraction of sp³-hybridized carbons (Fsp3) is 0.333. The molecule has 2 saturated heterocycles. The Hall–Kier alpha value is -3.98. The van der Waals surface area contributed by atoms with Crippen molar-refractivity contribution >= 4 is 23.3 Å². The normalized spacial score (nSPS) is 20.6. The van der Waals surface area contributed by atoms with E-state index in [0.717, 1.165) is 35.1 Å². The van der Waals surface area contributed by atoms with Gasteiger partial charge in [-0.05, 0) is 38.0 Å². The van der Waals surface area contributed by atoms with E-state index >= 15 is 0 Å². The van der Waals surface area contributed by atoms with Crippen molar-refractivity contribution in [2.45, 2.75) is 44.5 Å². The monoisotopic (exact) mass is 483 g/mol. The molecule has 0 aliphatic carbocycles. The summed E-state index contributed by atoms with van der Waals surface area (Å²) in [7, 11) is 0. The third kappa shape index (κ3) is 3.95. The second-order valence-corrected chi connectivity index (χ2v) is 9.67. The van der Waals surface area contributed by atoms with Gasteiger partial charge in [-0.25, -0.2) is 15.0 Å². The minimum atomic E-state index is -0.973. The first kappa shape index (κ1) is 22.5. The molecule has 9 nitrogen and oxygen atoms in total. The van der Waals surface area contributed by atoms with Gasteiger partial charge in [0.25, 0.3) is 5.91 Å². The number of pyridine rings is 1. The first-order valence-corrected chi connectivity index (χ1v) is 12.3. The number of piperazine rings is 1. The van der Waals surface area contributed by atoms with Gasteiger partial charge in [-0.3, -0.25) is 9.20 Å². The fourth-order valence-electron chi connectivity index (χ4n) is 5.40. The van der Waals surface area contributed by atoms with E-state index in [2.05, 4.69) is 39.2 Å². The van der Waals surface area contributed by atoms with Gasteiger partial charge in [0.15, 0.2) is 0 Å². The highest BCUT2D eigenvalue weighted by Crippen LogP contribution is 2.35. The van der Waals surface area contributed by atoms with Crippen molar-refractivity contribution < 1.29 is 9.90 Å². The number of hydrogen-bond donors (Lipinski definition) is 2. The number of rotatable bonds is 6. The Morgan fingerprint density at radius 1 is 1.06 bits per heavy atom. The van der Waals surface area contributed by atoms with Crippen molar-refractivity contribution in [3.8, 4) is 11.3 Å². The van der Waals surface area contributed by atoms with Crippen molar-refractivity contribution in [3.63, 3.8) is 0 Å². The number of nitrogens with zero attached hydrogens (tertiary/aromatic N) is 6. The van der Waals surface area contributed by atoms with Gasteiger partial charge in [0.05, 0.1) is 17.8 Å². The maximum Gasteiger partial charge on any atom is 0.251 e. The number of amides is 1. The quantitative estimate of drug-likeness (QED) is 0.435. The van der Waals surface area contributed by atoms with Crippen molar-refractivity contribution in [1.82, 2.24) is 24.3 Å². The minimum absolute atomic E-state index is 0.0809. The molecule has 4 atom stereocenters. The SMILES string of the molecule is CC(O)C(=O)N1CC2CC1CN2c1nc(-c2ccnc(N[C@@H](C)c3ccccc3)c2)cc2nccn12. The number of aliphatic hydroxyl groups is 1. The topological polar surface area (TPSA) is 98.9 Å². The Balaban J connectivity index is 1.29. The molecule has 9 heteroatoms. The number of anilines is 2. The Bertz CT molecular complexity index is 1400. The van der Waals surface area contributed by atoms with Crippen LogP contribution < -0.4 is 10.2 Å². The Morgan fingerprint density at radius 3 is 2.64 bits per heavy atom. The Morgan fingerprint density at radius 2 is 1.89 bits per heavy atom. The lowest BCUT2D eigenvalue weighted by Crippen LogP contribution is -2.51. The predicted molar refractivity (Wildman–Crippen MR) is 138 cm³/mol. The molecule has 4 aromatic rings. The van der Waals surface area contributed by atoms with E-state index in [1.54, 1.807) is 12.4 Å². The summed E-state index contributed by atoms with van der Waals surface area (Å²) in [5.41, 5.74) is 3.78. The largest absolute Gasteiger partial charge is 0.384 e. The summed E-state index contributed by atoms with van der Waals surface area (Å²) in [6.07, 6.45) is 5.40. The zero-order chi connectivity index (χ0) is 24.8. The van der Waals surface area contributed by atoms with Crippen LogP contribution in [0.15, 0.2) is 67.1 Å². The molecule has 0 spiro atoms. The third-order valence-electron chi connectivity index (χ3n) is 7.23. The average Bonchev–Trinajstić information content (AvgIpc) is 3.64. The van der Waals surface area contributed by atoms with Crippen LogP contribution in [0, 0.1) is 0 Å². The second-order valence-electron chi connectivity index (χ2n) is 9.67. The van der Waals surface area contributed by atoms with Gasteiger partial charge < -0.3 is 20.2 Å². The van der Waals surface area contributed by atoms with E-state index in [4.69, 9.17) is 4.98 Å². The van der Waals surface area contributed by atoms with Crippen molar-refractivity contribution in [1.29, 1.82) is 0 Å². The highest BCUT2D eigenvalue weighted by molar-refractivity contribution is 5.81. The first-order valence-electron chi connectivity index (χ1n) is 12.3. The van der Waals surface area contributed by atoms with Crippen LogP contribution >= 0.6 is 0 Å². The van der Waals surface area contributed by atoms with Crippen LogP contribution in [0.4, 0.5) is 11.8 Å². The van der Waals surface area contributed by atoms with Crippen molar-refractivity contribution in [2.24, 2.45) is 0 Å². The summed E-state index contributed by atoms with van der Waals surface area (Å²) in [6.45, 7) is 4.93. The zero-order valence-corrected chi connectivity index (χ0v) is 20.3. The van der Waals surface area contributed by atoms with Gasteiger partial charge in [0, 0.05) is 49.4 Å². The number of carbonyl (C=O) groups excluding carboxylic acids is 1. The number of fused-ring (bicyclic) bond motifs is 3. The molecule has 2 fully saturated rings. The lowest BCUT2D eigenvalue weighted by molar-refractivity contribution is -0.140. The summed E-state index contributed by atoms with van der Waals surface area (Å²) in [5.74, 6) is 1.40. The lowest BCUT2D eigenvalue weighted by Gasteiger charge is -2.35. The molecule has 3 unspecified atom stereocenters. The predicted octanol–water partition coefficient (Wildman–Crippen LogP) is 3.13. The van der Waals surface area contributed by atoms with E-state index in [1.807, 2.05) is 51.9 Å². The number of aromatic nitrogens is 4. The molecule has 1 aromatic carbocycles. The van der Waals surface area contributed by atoms with Gasteiger partial charge in [0.2, 0.25) is 5.95 Å². The number of aliphatic hydroxyl groups excluding tert-OH is 1. The molecule has 6 rings (SSSR count). The van der Waals surface area contributed by atoms with Crippen LogP contribution in [0.5, 0.6) is 0 Å². The maximum atomic E-state index is 12.4. The molecule has 1 amide bonds. The minimum Gasteiger partial charge on any atom is -0.384 e. The number of likely N-dealkylation sites (tertiary alicyclic amines) is 1. The zero-order valence-electron chi connectivity index (χ0n) is 20.3. The summed E-state index contributed by atoms with van der Waals surface area (Å²) in [6, 6.07) is 16.6. The lowest BCUT2D eigenvalue weighted by atomic mass is 10.1. The number of imidazole rings is 1. The average molecular weight is 484 g/mol. The van der Waals surface area contributed by atoms with Crippen LogP contribution in [0.2, 0.25) is 0 Å².